The van der Waals surface area contributed by atoms with Crippen LogP contribution >= 0.6 is 0 Å². The van der Waals surface area contributed by atoms with Crippen LogP contribution in [-0.2, 0) is 0 Å². The van der Waals surface area contributed by atoms with Gasteiger partial charge in [-0.2, -0.15) is 0 Å². The fourth-order valence-electron chi connectivity index (χ4n) is 2.05. The van der Waals surface area contributed by atoms with Crippen molar-refractivity contribution < 1.29 is 4.74 Å². The summed E-state index contributed by atoms with van der Waals surface area (Å²) in [5, 5.41) is 3.60. The van der Waals surface area contributed by atoms with Crippen LogP contribution in [0.3, 0.4) is 0 Å². The minimum atomic E-state index is 0.590. The van der Waals surface area contributed by atoms with Crippen LogP contribution in [0.15, 0.2) is 24.3 Å². The summed E-state index contributed by atoms with van der Waals surface area (Å²) in [6.07, 6.45) is 2.73. The quantitative estimate of drug-likeness (QED) is 0.814. The highest BCUT2D eigenvalue weighted by molar-refractivity contribution is 5.29. The van der Waals surface area contributed by atoms with Gasteiger partial charge < -0.3 is 10.1 Å². The average molecular weight is 233 g/mol. The summed E-state index contributed by atoms with van der Waals surface area (Å²) in [5.41, 5.74) is 1.40. The van der Waals surface area contributed by atoms with Gasteiger partial charge in [0.25, 0.3) is 0 Å². The number of nitrogens with one attached hydrogen (secondary N) is 1. The molecule has 2 rings (SSSR count). The zero-order chi connectivity index (χ0) is 12.3. The first-order valence-electron chi connectivity index (χ1n) is 6.58. The molecule has 1 aliphatic carbocycles. The lowest BCUT2D eigenvalue weighted by atomic mass is 9.89. The van der Waals surface area contributed by atoms with E-state index < -0.39 is 0 Å². The van der Waals surface area contributed by atoms with Crippen LogP contribution in [-0.4, -0.2) is 19.7 Å². The molecule has 0 aromatic heterocycles. The van der Waals surface area contributed by atoms with Gasteiger partial charge in [0.15, 0.2) is 0 Å². The molecule has 1 fully saturated rings. The first-order chi connectivity index (χ1) is 8.20. The Bertz CT molecular complexity index is 342. The summed E-state index contributed by atoms with van der Waals surface area (Å²) < 4.78 is 5.18. The fraction of sp³-hybridized carbons (Fsp3) is 0.600. The molecule has 1 saturated carbocycles. The predicted octanol–water partition coefficient (Wildman–Crippen LogP) is 3.19. The van der Waals surface area contributed by atoms with E-state index in [0.717, 1.165) is 18.3 Å². The third-order valence-corrected chi connectivity index (χ3v) is 3.80. The molecule has 0 aliphatic heterocycles. The molecule has 2 atom stereocenters. The van der Waals surface area contributed by atoms with Crippen LogP contribution in [0.25, 0.3) is 0 Å². The minimum Gasteiger partial charge on any atom is -0.497 e. The van der Waals surface area contributed by atoms with Crippen LogP contribution < -0.4 is 10.1 Å². The van der Waals surface area contributed by atoms with Crippen molar-refractivity contribution >= 4 is 0 Å². The molecule has 1 aromatic rings. The van der Waals surface area contributed by atoms with Crippen LogP contribution in [0.4, 0.5) is 0 Å². The Labute approximate surface area is 104 Å². The first kappa shape index (κ1) is 12.4. The van der Waals surface area contributed by atoms with E-state index in [1.54, 1.807) is 7.11 Å². The SMILES string of the molecule is COc1ccc(C(C)C(C)CNC2CC2)cc1. The van der Waals surface area contributed by atoms with Crippen molar-refractivity contribution in [3.8, 4) is 5.75 Å². The Hall–Kier alpha value is -1.02. The second-order valence-electron chi connectivity index (χ2n) is 5.22. The minimum absolute atomic E-state index is 0.590. The van der Waals surface area contributed by atoms with Crippen LogP contribution in [0.5, 0.6) is 5.75 Å². The van der Waals surface area contributed by atoms with Crippen LogP contribution in [0.2, 0.25) is 0 Å². The van der Waals surface area contributed by atoms with Crippen molar-refractivity contribution in [1.29, 1.82) is 0 Å². The molecule has 1 aliphatic rings. The van der Waals surface area contributed by atoms with E-state index in [1.165, 1.54) is 18.4 Å². The molecule has 94 valence electrons. The Morgan fingerprint density at radius 3 is 2.41 bits per heavy atom. The highest BCUT2D eigenvalue weighted by atomic mass is 16.5. The normalized spacial score (nSPS) is 18.8. The van der Waals surface area contributed by atoms with E-state index >= 15 is 0 Å². The molecule has 2 heteroatoms. The van der Waals surface area contributed by atoms with E-state index in [-0.39, 0.29) is 0 Å². The van der Waals surface area contributed by atoms with Crippen molar-refractivity contribution in [2.24, 2.45) is 5.92 Å². The average Bonchev–Trinajstić information content (AvgIpc) is 3.19. The number of benzene rings is 1. The zero-order valence-corrected chi connectivity index (χ0v) is 11.1. The molecule has 0 heterocycles. The predicted molar refractivity (Wildman–Crippen MR) is 71.6 cm³/mol. The summed E-state index contributed by atoms with van der Waals surface area (Å²) in [4.78, 5) is 0. The Morgan fingerprint density at radius 1 is 1.24 bits per heavy atom. The molecule has 17 heavy (non-hydrogen) atoms. The van der Waals surface area contributed by atoms with Crippen molar-refractivity contribution in [2.75, 3.05) is 13.7 Å². The number of hydrogen-bond acceptors (Lipinski definition) is 2. The van der Waals surface area contributed by atoms with E-state index in [1.807, 2.05) is 12.1 Å². The monoisotopic (exact) mass is 233 g/mol. The van der Waals surface area contributed by atoms with Crippen LogP contribution in [0, 0.1) is 5.92 Å². The summed E-state index contributed by atoms with van der Waals surface area (Å²) >= 11 is 0. The number of hydrogen-bond donors (Lipinski definition) is 1. The Balaban J connectivity index is 1.89. The van der Waals surface area contributed by atoms with Crippen molar-refractivity contribution in [2.45, 2.75) is 38.6 Å². The topological polar surface area (TPSA) is 21.3 Å². The third kappa shape index (κ3) is 3.47. The van der Waals surface area contributed by atoms with Gasteiger partial charge >= 0.3 is 0 Å². The van der Waals surface area contributed by atoms with Gasteiger partial charge in [-0.3, -0.25) is 0 Å². The molecular weight excluding hydrogens is 210 g/mol. The van der Waals surface area contributed by atoms with Gasteiger partial charge in [0, 0.05) is 6.04 Å². The molecule has 2 nitrogen and oxygen atoms in total. The van der Waals surface area contributed by atoms with E-state index in [9.17, 15) is 0 Å². The van der Waals surface area contributed by atoms with Crippen molar-refractivity contribution in [3.63, 3.8) is 0 Å². The van der Waals surface area contributed by atoms with Gasteiger partial charge in [0.05, 0.1) is 7.11 Å². The lowest BCUT2D eigenvalue weighted by molar-refractivity contribution is 0.413. The van der Waals surface area contributed by atoms with Gasteiger partial charge in [-0.15, -0.1) is 0 Å². The molecular formula is C15H23NO. The molecule has 0 bridgehead atoms. The Kier molecular flexibility index (Phi) is 4.06. The lowest BCUT2D eigenvalue weighted by Gasteiger charge is -2.21. The fourth-order valence-corrected chi connectivity index (χ4v) is 2.05. The summed E-state index contributed by atoms with van der Waals surface area (Å²) in [6.45, 7) is 5.75. The van der Waals surface area contributed by atoms with Crippen molar-refractivity contribution in [3.05, 3.63) is 29.8 Å². The Morgan fingerprint density at radius 2 is 1.88 bits per heavy atom. The molecule has 1 N–H and O–H groups in total. The van der Waals surface area contributed by atoms with Crippen molar-refractivity contribution in [1.82, 2.24) is 5.32 Å². The molecule has 2 unspecified atom stereocenters. The molecule has 0 amide bonds. The summed E-state index contributed by atoms with van der Waals surface area (Å²) in [7, 11) is 1.71. The summed E-state index contributed by atoms with van der Waals surface area (Å²) in [5.74, 6) is 2.20. The highest BCUT2D eigenvalue weighted by Gasteiger charge is 2.22. The third-order valence-electron chi connectivity index (χ3n) is 3.80. The largest absolute Gasteiger partial charge is 0.497 e. The molecule has 0 spiro atoms. The maximum Gasteiger partial charge on any atom is 0.118 e. The number of ether oxygens (including phenoxy) is 1. The van der Waals surface area contributed by atoms with Gasteiger partial charge in [-0.05, 0) is 48.9 Å². The van der Waals surface area contributed by atoms with Crippen LogP contribution in [0.1, 0.15) is 38.2 Å². The maximum atomic E-state index is 5.18. The van der Waals surface area contributed by atoms with Gasteiger partial charge in [-0.25, -0.2) is 0 Å². The molecule has 0 saturated heterocycles. The van der Waals surface area contributed by atoms with E-state index in [4.69, 9.17) is 4.74 Å². The second-order valence-corrected chi connectivity index (χ2v) is 5.22. The van der Waals surface area contributed by atoms with Gasteiger partial charge in [0.2, 0.25) is 0 Å². The van der Waals surface area contributed by atoms with E-state index in [2.05, 4.69) is 31.3 Å². The lowest BCUT2D eigenvalue weighted by Crippen LogP contribution is -2.26. The highest BCUT2D eigenvalue weighted by Crippen LogP contribution is 2.26. The molecule has 1 aromatic carbocycles. The summed E-state index contributed by atoms with van der Waals surface area (Å²) in [6, 6.07) is 9.26. The number of rotatable bonds is 6. The zero-order valence-electron chi connectivity index (χ0n) is 11.1. The second kappa shape index (κ2) is 5.54. The van der Waals surface area contributed by atoms with E-state index in [0.29, 0.717) is 11.8 Å². The number of methoxy groups -OCH3 is 1. The van der Waals surface area contributed by atoms with Gasteiger partial charge in [-0.1, -0.05) is 26.0 Å². The maximum absolute atomic E-state index is 5.18. The molecule has 0 radical (unpaired) electrons. The smallest absolute Gasteiger partial charge is 0.118 e. The first-order valence-corrected chi connectivity index (χ1v) is 6.58. The standard InChI is InChI=1S/C15H23NO/c1-11(10-16-14-6-7-14)12(2)13-4-8-15(17-3)9-5-13/h4-5,8-9,11-12,14,16H,6-7,10H2,1-3H3. The van der Waals surface area contributed by atoms with Gasteiger partial charge in [0.1, 0.15) is 5.75 Å².